The van der Waals surface area contributed by atoms with Crippen LogP contribution in [0.2, 0.25) is 0 Å². The molecule has 2 atom stereocenters. The van der Waals surface area contributed by atoms with Crippen molar-refractivity contribution in [1.29, 1.82) is 0 Å². The third-order valence-electron chi connectivity index (χ3n) is 5.20. The molecule has 0 spiro atoms. The Kier molecular flexibility index (Phi) is 5.14. The number of amides is 1. The molecule has 3 heterocycles. The molecule has 4 rings (SSSR count). The minimum Gasteiger partial charge on any atom is -0.369 e. The van der Waals surface area contributed by atoms with E-state index in [2.05, 4.69) is 25.2 Å². The number of hydrogen-bond donors (Lipinski definition) is 1. The zero-order valence-electron chi connectivity index (χ0n) is 15.7. The average Bonchev–Trinajstić information content (AvgIpc) is 2.74. The molecule has 1 saturated heterocycles. The van der Waals surface area contributed by atoms with Crippen LogP contribution in [0.15, 0.2) is 48.9 Å². The molecule has 1 fully saturated rings. The molecule has 144 valence electrons. The Balaban J connectivity index is 1.43. The van der Waals surface area contributed by atoms with Gasteiger partial charge in [0.1, 0.15) is 11.3 Å². The van der Waals surface area contributed by atoms with E-state index >= 15 is 0 Å². The number of rotatable bonds is 4. The summed E-state index contributed by atoms with van der Waals surface area (Å²) in [5.74, 6) is -0.358. The highest BCUT2D eigenvalue weighted by atomic mass is 19.1. The van der Waals surface area contributed by atoms with Crippen LogP contribution in [0.5, 0.6) is 0 Å². The fourth-order valence-corrected chi connectivity index (χ4v) is 3.61. The van der Waals surface area contributed by atoms with Gasteiger partial charge in [0.05, 0.1) is 23.8 Å². The molecule has 7 heteroatoms. The summed E-state index contributed by atoms with van der Waals surface area (Å²) in [6.07, 6.45) is 6.84. The summed E-state index contributed by atoms with van der Waals surface area (Å²) >= 11 is 0. The average molecular weight is 379 g/mol. The van der Waals surface area contributed by atoms with Gasteiger partial charge in [-0.3, -0.25) is 9.78 Å². The van der Waals surface area contributed by atoms with Crippen LogP contribution in [-0.4, -0.2) is 33.9 Å². The molecule has 1 N–H and O–H groups in total. The Morgan fingerprint density at radius 3 is 2.82 bits per heavy atom. The van der Waals surface area contributed by atoms with Crippen molar-refractivity contribution in [1.82, 2.24) is 20.3 Å². The van der Waals surface area contributed by atoms with E-state index in [0.29, 0.717) is 12.2 Å². The first-order chi connectivity index (χ1) is 13.6. The highest BCUT2D eigenvalue weighted by Crippen LogP contribution is 2.25. The molecule has 1 aromatic carbocycles. The minimum absolute atomic E-state index is 0.0232. The van der Waals surface area contributed by atoms with Crippen LogP contribution in [0.1, 0.15) is 31.4 Å². The van der Waals surface area contributed by atoms with Gasteiger partial charge < -0.3 is 10.2 Å². The number of hydrogen-bond acceptors (Lipinski definition) is 5. The molecule has 1 aliphatic rings. The molecule has 0 radical (unpaired) electrons. The van der Waals surface area contributed by atoms with Gasteiger partial charge in [0.2, 0.25) is 5.91 Å². The number of carbonyl (C=O) groups excluding carboxylic acids is 1. The van der Waals surface area contributed by atoms with Gasteiger partial charge >= 0.3 is 0 Å². The second-order valence-electron chi connectivity index (χ2n) is 7.16. The number of carbonyl (C=O) groups is 1. The summed E-state index contributed by atoms with van der Waals surface area (Å²) in [4.78, 5) is 27.9. The maximum atomic E-state index is 13.1. The third kappa shape index (κ3) is 3.93. The van der Waals surface area contributed by atoms with Gasteiger partial charge in [-0.05, 0) is 43.5 Å². The lowest BCUT2D eigenvalue weighted by atomic mass is 9.96. The maximum absolute atomic E-state index is 13.1. The van der Waals surface area contributed by atoms with E-state index in [1.807, 2.05) is 13.0 Å². The van der Waals surface area contributed by atoms with Crippen LogP contribution in [0, 0.1) is 11.7 Å². The maximum Gasteiger partial charge on any atom is 0.225 e. The van der Waals surface area contributed by atoms with E-state index in [-0.39, 0.29) is 23.7 Å². The second-order valence-corrected chi connectivity index (χ2v) is 7.16. The van der Waals surface area contributed by atoms with E-state index in [1.165, 1.54) is 12.1 Å². The number of fused-ring (bicyclic) bond motifs is 1. The zero-order chi connectivity index (χ0) is 19.5. The smallest absolute Gasteiger partial charge is 0.225 e. The number of nitrogens with one attached hydrogen (secondary N) is 1. The third-order valence-corrected chi connectivity index (χ3v) is 5.20. The molecule has 0 bridgehead atoms. The molecule has 3 aromatic rings. The fourth-order valence-electron chi connectivity index (χ4n) is 3.61. The minimum atomic E-state index is -0.279. The summed E-state index contributed by atoms with van der Waals surface area (Å²) in [6, 6.07) is 8.04. The first-order valence-electron chi connectivity index (χ1n) is 9.48. The Labute approximate surface area is 162 Å². The predicted octanol–water partition coefficient (Wildman–Crippen LogP) is 3.26. The Hall–Kier alpha value is -3.09. The van der Waals surface area contributed by atoms with Crippen LogP contribution < -0.4 is 10.2 Å². The quantitative estimate of drug-likeness (QED) is 0.753. The van der Waals surface area contributed by atoms with Gasteiger partial charge in [-0.2, -0.15) is 0 Å². The van der Waals surface area contributed by atoms with Crippen molar-refractivity contribution in [2.75, 3.05) is 18.0 Å². The second kappa shape index (κ2) is 7.88. The van der Waals surface area contributed by atoms with Crippen molar-refractivity contribution in [3.63, 3.8) is 0 Å². The van der Waals surface area contributed by atoms with Crippen LogP contribution in [-0.2, 0) is 4.79 Å². The van der Waals surface area contributed by atoms with E-state index in [9.17, 15) is 9.18 Å². The number of anilines is 1. The summed E-state index contributed by atoms with van der Waals surface area (Å²) in [5.41, 5.74) is 3.21. The lowest BCUT2D eigenvalue weighted by molar-refractivity contribution is -0.125. The fraction of sp³-hybridized carbons (Fsp3) is 0.333. The SMILES string of the molecule is C[C@H](NC(=O)[C@@H]1CCCN(c2cnc3nccnc3c2)C1)c1ccc(F)cc1. The monoisotopic (exact) mass is 379 g/mol. The van der Waals surface area contributed by atoms with Crippen molar-refractivity contribution >= 4 is 22.8 Å². The summed E-state index contributed by atoms with van der Waals surface area (Å²) in [5, 5.41) is 3.06. The van der Waals surface area contributed by atoms with Crippen LogP contribution in [0.3, 0.4) is 0 Å². The normalized spacial score (nSPS) is 18.1. The van der Waals surface area contributed by atoms with Gasteiger partial charge in [0.25, 0.3) is 0 Å². The number of halogens is 1. The standard InChI is InChI=1S/C21H22FN5O/c1-14(15-4-6-17(22)7-5-15)26-21(28)16-3-2-10-27(13-16)18-11-19-20(25-12-18)24-9-8-23-19/h4-9,11-12,14,16H,2-3,10,13H2,1H3,(H,26,28)/t14-,16+/m0/s1. The molecular weight excluding hydrogens is 357 g/mol. The highest BCUT2D eigenvalue weighted by Gasteiger charge is 2.27. The molecule has 2 aromatic heterocycles. The number of nitrogens with zero attached hydrogens (tertiary/aromatic N) is 4. The van der Waals surface area contributed by atoms with E-state index in [0.717, 1.165) is 36.2 Å². The van der Waals surface area contributed by atoms with Crippen LogP contribution in [0.25, 0.3) is 11.2 Å². The number of piperidine rings is 1. The Morgan fingerprint density at radius 1 is 1.21 bits per heavy atom. The molecule has 1 amide bonds. The molecular formula is C21H22FN5O. The topological polar surface area (TPSA) is 71.0 Å². The van der Waals surface area contributed by atoms with Crippen molar-refractivity contribution < 1.29 is 9.18 Å². The molecule has 1 aliphatic heterocycles. The van der Waals surface area contributed by atoms with E-state index in [4.69, 9.17) is 0 Å². The summed E-state index contributed by atoms with van der Waals surface area (Å²) in [6.45, 7) is 3.43. The highest BCUT2D eigenvalue weighted by molar-refractivity contribution is 5.80. The van der Waals surface area contributed by atoms with Crippen molar-refractivity contribution in [2.24, 2.45) is 5.92 Å². The molecule has 28 heavy (non-hydrogen) atoms. The van der Waals surface area contributed by atoms with Gasteiger partial charge in [-0.25, -0.2) is 14.4 Å². The first-order valence-corrected chi connectivity index (χ1v) is 9.48. The van der Waals surface area contributed by atoms with Crippen LogP contribution in [0.4, 0.5) is 10.1 Å². The molecule has 0 aliphatic carbocycles. The molecule has 6 nitrogen and oxygen atoms in total. The van der Waals surface area contributed by atoms with Crippen LogP contribution >= 0.6 is 0 Å². The number of aromatic nitrogens is 3. The number of benzene rings is 1. The van der Waals surface area contributed by atoms with Gasteiger partial charge in [0, 0.05) is 25.5 Å². The largest absolute Gasteiger partial charge is 0.369 e. The predicted molar refractivity (Wildman–Crippen MR) is 105 cm³/mol. The zero-order valence-corrected chi connectivity index (χ0v) is 15.7. The number of pyridine rings is 1. The van der Waals surface area contributed by atoms with Crippen molar-refractivity contribution in [2.45, 2.75) is 25.8 Å². The van der Waals surface area contributed by atoms with Gasteiger partial charge in [-0.1, -0.05) is 12.1 Å². The molecule has 0 unspecified atom stereocenters. The van der Waals surface area contributed by atoms with Gasteiger partial charge in [-0.15, -0.1) is 0 Å². The lowest BCUT2D eigenvalue weighted by Crippen LogP contribution is -2.43. The van der Waals surface area contributed by atoms with Gasteiger partial charge in [0.15, 0.2) is 5.65 Å². The summed E-state index contributed by atoms with van der Waals surface area (Å²) in [7, 11) is 0. The van der Waals surface area contributed by atoms with E-state index < -0.39 is 0 Å². The first kappa shape index (κ1) is 18.3. The lowest BCUT2D eigenvalue weighted by Gasteiger charge is -2.34. The Bertz CT molecular complexity index is 978. The summed E-state index contributed by atoms with van der Waals surface area (Å²) < 4.78 is 13.1. The Morgan fingerprint density at radius 2 is 2.00 bits per heavy atom. The van der Waals surface area contributed by atoms with E-state index in [1.54, 1.807) is 30.7 Å². The van der Waals surface area contributed by atoms with Crippen molar-refractivity contribution in [3.05, 3.63) is 60.3 Å². The molecule has 0 saturated carbocycles. The van der Waals surface area contributed by atoms with Crippen molar-refractivity contribution in [3.8, 4) is 0 Å².